The van der Waals surface area contributed by atoms with Crippen molar-refractivity contribution in [3.05, 3.63) is 0 Å². The van der Waals surface area contributed by atoms with E-state index >= 15 is 0 Å². The second-order valence-corrected chi connectivity index (χ2v) is 6.67. The summed E-state index contributed by atoms with van der Waals surface area (Å²) in [5, 5.41) is 12.7. The Kier molecular flexibility index (Phi) is 8.24. The molecule has 1 N–H and O–H groups in total. The molecule has 1 aliphatic rings. The maximum Gasteiger partial charge on any atom is 0.103 e. The average molecular weight is 294 g/mol. The fraction of sp³-hybridized carbons (Fsp3) is 0.941. The number of nitrogens with one attached hydrogen (secondary N) is 1. The van der Waals surface area contributed by atoms with E-state index in [0.717, 1.165) is 25.8 Å². The summed E-state index contributed by atoms with van der Waals surface area (Å²) in [4.78, 5) is 5.08. The predicted octanol–water partition coefficient (Wildman–Crippen LogP) is 2.46. The first-order valence-electron chi connectivity index (χ1n) is 8.63. The fourth-order valence-corrected chi connectivity index (χ4v) is 3.05. The van der Waals surface area contributed by atoms with Crippen LogP contribution in [0.25, 0.3) is 0 Å². The van der Waals surface area contributed by atoms with Gasteiger partial charge in [-0.05, 0) is 59.2 Å². The molecule has 0 aromatic rings. The molecule has 2 atom stereocenters. The molecule has 0 amide bonds. The van der Waals surface area contributed by atoms with Gasteiger partial charge in [-0.1, -0.05) is 13.8 Å². The zero-order valence-corrected chi connectivity index (χ0v) is 14.5. The number of piperazine rings is 1. The molecule has 0 bridgehead atoms. The number of nitriles is 1. The molecule has 0 spiro atoms. The van der Waals surface area contributed by atoms with Gasteiger partial charge < -0.3 is 9.80 Å². The molecule has 2 unspecified atom stereocenters. The highest BCUT2D eigenvalue weighted by molar-refractivity contribution is 5.03. The first-order chi connectivity index (χ1) is 10.0. The summed E-state index contributed by atoms with van der Waals surface area (Å²) in [6.07, 6.45) is 5.60. The zero-order chi connectivity index (χ0) is 15.7. The molecule has 1 saturated heterocycles. The molecule has 0 aromatic heterocycles. The average Bonchev–Trinajstić information content (AvgIpc) is 2.51. The van der Waals surface area contributed by atoms with Crippen molar-refractivity contribution >= 4 is 0 Å². The minimum atomic E-state index is -0.343. The van der Waals surface area contributed by atoms with Gasteiger partial charge in [0.1, 0.15) is 5.54 Å². The highest BCUT2D eigenvalue weighted by Gasteiger charge is 2.24. The third kappa shape index (κ3) is 6.34. The van der Waals surface area contributed by atoms with E-state index < -0.39 is 0 Å². The smallest absolute Gasteiger partial charge is 0.103 e. The predicted molar refractivity (Wildman–Crippen MR) is 89.3 cm³/mol. The van der Waals surface area contributed by atoms with E-state index in [1.807, 2.05) is 6.92 Å². The van der Waals surface area contributed by atoms with E-state index in [0.29, 0.717) is 6.04 Å². The van der Waals surface area contributed by atoms with Gasteiger partial charge in [-0.25, -0.2) is 0 Å². The molecule has 4 heteroatoms. The van der Waals surface area contributed by atoms with Crippen molar-refractivity contribution < 1.29 is 0 Å². The van der Waals surface area contributed by atoms with Crippen LogP contribution in [-0.4, -0.2) is 61.2 Å². The Hall–Kier alpha value is -0.630. The van der Waals surface area contributed by atoms with Crippen LogP contribution in [-0.2, 0) is 0 Å². The van der Waals surface area contributed by atoms with Crippen LogP contribution in [0, 0.1) is 11.3 Å². The number of hydrogen-bond acceptors (Lipinski definition) is 4. The third-order valence-corrected chi connectivity index (χ3v) is 4.75. The molecule has 0 aliphatic carbocycles. The molecule has 1 fully saturated rings. The van der Waals surface area contributed by atoms with Gasteiger partial charge in [0.25, 0.3) is 0 Å². The minimum absolute atomic E-state index is 0.343. The zero-order valence-electron chi connectivity index (χ0n) is 14.5. The summed E-state index contributed by atoms with van der Waals surface area (Å²) in [5.74, 6) is 0. The highest BCUT2D eigenvalue weighted by Crippen LogP contribution is 2.15. The summed E-state index contributed by atoms with van der Waals surface area (Å²) < 4.78 is 0. The summed E-state index contributed by atoms with van der Waals surface area (Å²) in [6.45, 7) is 12.1. The van der Waals surface area contributed by atoms with Crippen LogP contribution < -0.4 is 5.32 Å². The molecule has 0 radical (unpaired) electrons. The molecule has 0 saturated carbocycles. The van der Waals surface area contributed by atoms with E-state index in [1.165, 1.54) is 39.0 Å². The highest BCUT2D eigenvalue weighted by atomic mass is 15.3. The Balaban J connectivity index is 2.23. The van der Waals surface area contributed by atoms with Crippen LogP contribution in [0.1, 0.15) is 52.9 Å². The van der Waals surface area contributed by atoms with Crippen molar-refractivity contribution in [2.24, 2.45) is 0 Å². The lowest BCUT2D eigenvalue weighted by atomic mass is 9.96. The van der Waals surface area contributed by atoms with E-state index in [4.69, 9.17) is 0 Å². The third-order valence-electron chi connectivity index (χ3n) is 4.75. The lowest BCUT2D eigenvalue weighted by Crippen LogP contribution is -2.51. The second kappa shape index (κ2) is 9.40. The maximum atomic E-state index is 9.33. The number of nitrogens with zero attached hydrogens (tertiary/aromatic N) is 3. The Labute approximate surface area is 131 Å². The quantitative estimate of drug-likeness (QED) is 0.663. The van der Waals surface area contributed by atoms with Crippen LogP contribution in [0.15, 0.2) is 0 Å². The number of unbranched alkanes of at least 4 members (excludes halogenated alkanes) is 1. The SMILES string of the molecule is CCCNC(C)(C#N)CCCCN1CCN(C)C(CC)C1. The number of likely N-dealkylation sites (N-methyl/N-ethyl adjacent to an activating group) is 1. The van der Waals surface area contributed by atoms with Crippen molar-refractivity contribution in [2.45, 2.75) is 64.5 Å². The van der Waals surface area contributed by atoms with Crippen LogP contribution in [0.3, 0.4) is 0 Å². The van der Waals surface area contributed by atoms with Gasteiger partial charge in [-0.3, -0.25) is 5.32 Å². The van der Waals surface area contributed by atoms with E-state index in [9.17, 15) is 5.26 Å². The Morgan fingerprint density at radius 3 is 2.67 bits per heavy atom. The number of rotatable bonds is 9. The molecule has 122 valence electrons. The molecule has 4 nitrogen and oxygen atoms in total. The Bertz CT molecular complexity index is 325. The first-order valence-corrected chi connectivity index (χ1v) is 8.63. The van der Waals surface area contributed by atoms with Crippen LogP contribution in [0.2, 0.25) is 0 Å². The van der Waals surface area contributed by atoms with Crippen molar-refractivity contribution in [1.29, 1.82) is 5.26 Å². The molecule has 0 aromatic carbocycles. The lowest BCUT2D eigenvalue weighted by Gasteiger charge is -2.39. The van der Waals surface area contributed by atoms with E-state index in [1.54, 1.807) is 0 Å². The summed E-state index contributed by atoms with van der Waals surface area (Å²) in [5.41, 5.74) is -0.343. The fourth-order valence-electron chi connectivity index (χ4n) is 3.05. The van der Waals surface area contributed by atoms with Crippen molar-refractivity contribution in [3.63, 3.8) is 0 Å². The molecule has 1 rings (SSSR count). The van der Waals surface area contributed by atoms with Crippen molar-refractivity contribution in [2.75, 3.05) is 39.8 Å². The standard InChI is InChI=1S/C17H34N4/c1-5-10-19-17(3,15-18)9-7-8-11-21-13-12-20(4)16(6-2)14-21/h16,19H,5-14H2,1-4H3. The van der Waals surface area contributed by atoms with Gasteiger partial charge in [0.2, 0.25) is 0 Å². The molecular formula is C17H34N4. The Morgan fingerprint density at radius 2 is 2.05 bits per heavy atom. The van der Waals surface area contributed by atoms with Gasteiger partial charge in [0, 0.05) is 25.7 Å². The maximum absolute atomic E-state index is 9.33. The largest absolute Gasteiger partial charge is 0.301 e. The van der Waals surface area contributed by atoms with Gasteiger partial charge in [-0.15, -0.1) is 0 Å². The normalized spacial score (nSPS) is 23.7. The van der Waals surface area contributed by atoms with Crippen LogP contribution >= 0.6 is 0 Å². The molecule has 21 heavy (non-hydrogen) atoms. The van der Waals surface area contributed by atoms with Gasteiger partial charge in [-0.2, -0.15) is 5.26 Å². The summed E-state index contributed by atoms with van der Waals surface area (Å²) in [6, 6.07) is 3.16. The monoisotopic (exact) mass is 294 g/mol. The summed E-state index contributed by atoms with van der Waals surface area (Å²) >= 11 is 0. The summed E-state index contributed by atoms with van der Waals surface area (Å²) in [7, 11) is 2.24. The molecule has 1 aliphatic heterocycles. The van der Waals surface area contributed by atoms with Crippen molar-refractivity contribution in [3.8, 4) is 6.07 Å². The Morgan fingerprint density at radius 1 is 1.29 bits per heavy atom. The van der Waals surface area contributed by atoms with Crippen LogP contribution in [0.5, 0.6) is 0 Å². The second-order valence-electron chi connectivity index (χ2n) is 6.67. The van der Waals surface area contributed by atoms with E-state index in [-0.39, 0.29) is 5.54 Å². The lowest BCUT2D eigenvalue weighted by molar-refractivity contribution is 0.0916. The van der Waals surface area contributed by atoms with E-state index in [2.05, 4.69) is 42.1 Å². The van der Waals surface area contributed by atoms with Gasteiger partial charge in [0.15, 0.2) is 0 Å². The minimum Gasteiger partial charge on any atom is -0.301 e. The number of hydrogen-bond donors (Lipinski definition) is 1. The first kappa shape index (κ1) is 18.4. The van der Waals surface area contributed by atoms with Gasteiger partial charge in [0.05, 0.1) is 6.07 Å². The van der Waals surface area contributed by atoms with Crippen molar-refractivity contribution in [1.82, 2.24) is 15.1 Å². The van der Waals surface area contributed by atoms with Crippen LogP contribution in [0.4, 0.5) is 0 Å². The van der Waals surface area contributed by atoms with Gasteiger partial charge >= 0.3 is 0 Å². The molecular weight excluding hydrogens is 260 g/mol. The molecule has 1 heterocycles. The topological polar surface area (TPSA) is 42.3 Å².